The molecule has 0 radical (unpaired) electrons. The van der Waals surface area contributed by atoms with Crippen LogP contribution in [0.5, 0.6) is 0 Å². The lowest BCUT2D eigenvalue weighted by Crippen LogP contribution is -2.12. The minimum Gasteiger partial charge on any atom is -0.476 e. The molecule has 0 saturated heterocycles. The Kier molecular flexibility index (Phi) is 3.98. The summed E-state index contributed by atoms with van der Waals surface area (Å²) >= 11 is 0. The number of carboxylic acids is 1. The lowest BCUT2D eigenvalue weighted by atomic mass is 10.1. The molecule has 20 heavy (non-hydrogen) atoms. The summed E-state index contributed by atoms with van der Waals surface area (Å²) in [5.74, 6) is -1.38. The first-order valence-electron chi connectivity index (χ1n) is 6.20. The van der Waals surface area contributed by atoms with Gasteiger partial charge < -0.3 is 10.4 Å². The van der Waals surface area contributed by atoms with Gasteiger partial charge in [0.2, 0.25) is 0 Å². The van der Waals surface area contributed by atoms with Gasteiger partial charge in [0, 0.05) is 12.2 Å². The Bertz CT molecular complexity index is 644. The minimum absolute atomic E-state index is 0.0491. The number of hydrogen-bond donors (Lipinski definition) is 2. The predicted octanol–water partition coefficient (Wildman–Crippen LogP) is 3.40. The second-order valence-corrected chi connectivity index (χ2v) is 4.58. The number of benzene rings is 1. The van der Waals surface area contributed by atoms with Crippen molar-refractivity contribution in [3.63, 3.8) is 0 Å². The van der Waals surface area contributed by atoms with Gasteiger partial charge in [-0.2, -0.15) is 0 Å². The van der Waals surface area contributed by atoms with Crippen molar-refractivity contribution in [1.29, 1.82) is 0 Å². The molecule has 0 aliphatic heterocycles. The van der Waals surface area contributed by atoms with Gasteiger partial charge in [-0.05, 0) is 43.2 Å². The molecule has 0 bridgehead atoms. The number of nitrogens with one attached hydrogen (secondary N) is 1. The molecule has 104 valence electrons. The summed E-state index contributed by atoms with van der Waals surface area (Å²) in [7, 11) is 0. The van der Waals surface area contributed by atoms with Gasteiger partial charge in [-0.1, -0.05) is 12.1 Å². The van der Waals surface area contributed by atoms with Crippen molar-refractivity contribution in [2.24, 2.45) is 0 Å². The molecule has 0 aliphatic rings. The molecule has 0 fully saturated rings. The summed E-state index contributed by atoms with van der Waals surface area (Å²) in [6, 6.07) is 8.02. The van der Waals surface area contributed by atoms with Crippen LogP contribution in [0.15, 0.2) is 36.5 Å². The van der Waals surface area contributed by atoms with Crippen LogP contribution in [0.1, 0.15) is 34.6 Å². The topological polar surface area (TPSA) is 62.2 Å². The van der Waals surface area contributed by atoms with Crippen LogP contribution in [-0.4, -0.2) is 16.1 Å². The van der Waals surface area contributed by atoms with Crippen LogP contribution < -0.4 is 5.32 Å². The van der Waals surface area contributed by atoms with Crippen LogP contribution in [0.25, 0.3) is 0 Å². The van der Waals surface area contributed by atoms with Crippen LogP contribution in [0.4, 0.5) is 10.1 Å². The number of anilines is 1. The fraction of sp³-hybridized carbons (Fsp3) is 0.200. The van der Waals surface area contributed by atoms with E-state index >= 15 is 0 Å². The molecule has 1 atom stereocenters. The number of carbonyl (C=O) groups is 1. The molecule has 2 rings (SSSR count). The number of carboxylic acid groups (broad SMARTS) is 1. The predicted molar refractivity (Wildman–Crippen MR) is 74.4 cm³/mol. The maximum absolute atomic E-state index is 13.6. The maximum atomic E-state index is 13.6. The summed E-state index contributed by atoms with van der Waals surface area (Å²) in [4.78, 5) is 14.9. The lowest BCUT2D eigenvalue weighted by Gasteiger charge is -2.17. The summed E-state index contributed by atoms with van der Waals surface area (Å²) in [6.07, 6.45) is 1.42. The second kappa shape index (κ2) is 5.69. The number of aromatic nitrogens is 1. The smallest absolute Gasteiger partial charge is 0.356 e. The van der Waals surface area contributed by atoms with E-state index in [0.29, 0.717) is 11.3 Å². The average Bonchev–Trinajstić information content (AvgIpc) is 2.42. The minimum atomic E-state index is -1.10. The van der Waals surface area contributed by atoms with Crippen molar-refractivity contribution >= 4 is 11.7 Å². The standard InChI is InChI=1S/C15H15FN2O2/c1-9-5-6-11(8-12(9)16)10(2)18-13-4-3-7-17-14(13)15(19)20/h3-8,10,18H,1-2H3,(H,19,20). The van der Waals surface area contributed by atoms with Crippen LogP contribution in [0, 0.1) is 12.7 Å². The third kappa shape index (κ3) is 2.93. The summed E-state index contributed by atoms with van der Waals surface area (Å²) in [6.45, 7) is 3.53. The van der Waals surface area contributed by atoms with Crippen molar-refractivity contribution in [3.05, 3.63) is 59.2 Å². The first-order valence-corrected chi connectivity index (χ1v) is 6.20. The first-order chi connectivity index (χ1) is 9.49. The molecule has 0 spiro atoms. The van der Waals surface area contributed by atoms with Crippen LogP contribution >= 0.6 is 0 Å². The van der Waals surface area contributed by atoms with Gasteiger partial charge >= 0.3 is 5.97 Å². The molecule has 1 unspecified atom stereocenters. The van der Waals surface area contributed by atoms with Crippen molar-refractivity contribution in [2.75, 3.05) is 5.32 Å². The van der Waals surface area contributed by atoms with Gasteiger partial charge in [-0.25, -0.2) is 14.2 Å². The molecule has 4 nitrogen and oxygen atoms in total. The highest BCUT2D eigenvalue weighted by molar-refractivity contribution is 5.91. The number of pyridine rings is 1. The summed E-state index contributed by atoms with van der Waals surface area (Å²) in [5.41, 5.74) is 1.68. The van der Waals surface area contributed by atoms with E-state index < -0.39 is 5.97 Å². The molecule has 2 aromatic rings. The van der Waals surface area contributed by atoms with E-state index in [1.54, 1.807) is 25.1 Å². The highest BCUT2D eigenvalue weighted by Gasteiger charge is 2.14. The van der Waals surface area contributed by atoms with Crippen LogP contribution in [0.2, 0.25) is 0 Å². The molecular weight excluding hydrogens is 259 g/mol. The molecule has 0 aliphatic carbocycles. The number of rotatable bonds is 4. The molecular formula is C15H15FN2O2. The fourth-order valence-corrected chi connectivity index (χ4v) is 1.89. The van der Waals surface area contributed by atoms with E-state index in [1.807, 2.05) is 13.0 Å². The fourth-order valence-electron chi connectivity index (χ4n) is 1.89. The Morgan fingerprint density at radius 3 is 2.80 bits per heavy atom. The number of aromatic carboxylic acids is 1. The van der Waals surface area contributed by atoms with E-state index in [0.717, 1.165) is 5.56 Å². The van der Waals surface area contributed by atoms with E-state index in [4.69, 9.17) is 5.11 Å². The van der Waals surface area contributed by atoms with Gasteiger partial charge in [0.1, 0.15) is 5.82 Å². The van der Waals surface area contributed by atoms with Crippen LogP contribution in [0.3, 0.4) is 0 Å². The summed E-state index contributed by atoms with van der Waals surface area (Å²) < 4.78 is 13.6. The van der Waals surface area contributed by atoms with E-state index in [9.17, 15) is 9.18 Å². The van der Waals surface area contributed by atoms with Gasteiger partial charge in [-0.3, -0.25) is 0 Å². The van der Waals surface area contributed by atoms with Crippen molar-refractivity contribution in [2.45, 2.75) is 19.9 Å². The van der Waals surface area contributed by atoms with Crippen LogP contribution in [-0.2, 0) is 0 Å². The molecule has 2 N–H and O–H groups in total. The Labute approximate surface area is 116 Å². The number of aryl methyl sites for hydroxylation is 1. The Morgan fingerprint density at radius 1 is 1.40 bits per heavy atom. The third-order valence-electron chi connectivity index (χ3n) is 3.08. The Balaban J connectivity index is 2.25. The zero-order chi connectivity index (χ0) is 14.7. The van der Waals surface area contributed by atoms with Gasteiger partial charge in [0.15, 0.2) is 5.69 Å². The maximum Gasteiger partial charge on any atom is 0.356 e. The largest absolute Gasteiger partial charge is 0.476 e. The monoisotopic (exact) mass is 274 g/mol. The average molecular weight is 274 g/mol. The number of nitrogens with zero attached hydrogens (tertiary/aromatic N) is 1. The lowest BCUT2D eigenvalue weighted by molar-refractivity contribution is 0.0691. The van der Waals surface area contributed by atoms with E-state index in [2.05, 4.69) is 10.3 Å². The molecule has 0 amide bonds. The third-order valence-corrected chi connectivity index (χ3v) is 3.08. The zero-order valence-corrected chi connectivity index (χ0v) is 11.2. The molecule has 1 aromatic carbocycles. The van der Waals surface area contributed by atoms with Gasteiger partial charge in [-0.15, -0.1) is 0 Å². The van der Waals surface area contributed by atoms with Crippen molar-refractivity contribution in [1.82, 2.24) is 4.98 Å². The quantitative estimate of drug-likeness (QED) is 0.897. The van der Waals surface area contributed by atoms with Gasteiger partial charge in [0.25, 0.3) is 0 Å². The van der Waals surface area contributed by atoms with E-state index in [-0.39, 0.29) is 17.6 Å². The highest BCUT2D eigenvalue weighted by atomic mass is 19.1. The number of halogens is 1. The Morgan fingerprint density at radius 2 is 2.15 bits per heavy atom. The first kappa shape index (κ1) is 14.0. The van der Waals surface area contributed by atoms with Crippen molar-refractivity contribution in [3.8, 4) is 0 Å². The number of hydrogen-bond acceptors (Lipinski definition) is 3. The highest BCUT2D eigenvalue weighted by Crippen LogP contribution is 2.22. The molecule has 5 heteroatoms. The summed E-state index contributed by atoms with van der Waals surface area (Å²) in [5, 5.41) is 12.1. The second-order valence-electron chi connectivity index (χ2n) is 4.58. The molecule has 0 saturated carbocycles. The van der Waals surface area contributed by atoms with Crippen molar-refractivity contribution < 1.29 is 14.3 Å². The molecule has 1 heterocycles. The Hall–Kier alpha value is -2.43. The normalized spacial score (nSPS) is 11.9. The van der Waals surface area contributed by atoms with E-state index in [1.165, 1.54) is 12.3 Å². The zero-order valence-electron chi connectivity index (χ0n) is 11.2. The van der Waals surface area contributed by atoms with Gasteiger partial charge in [0.05, 0.1) is 5.69 Å². The SMILES string of the molecule is Cc1ccc(C(C)Nc2cccnc2C(=O)O)cc1F. The molecule has 1 aromatic heterocycles.